The fourth-order valence-corrected chi connectivity index (χ4v) is 7.87. The minimum atomic E-state index is 0.957. The van der Waals surface area contributed by atoms with Gasteiger partial charge in [-0.3, -0.25) is 0 Å². The summed E-state index contributed by atoms with van der Waals surface area (Å²) in [7, 11) is 0. The van der Waals surface area contributed by atoms with Crippen LogP contribution in [0, 0.1) is 0 Å². The molecule has 0 bridgehead atoms. The smallest absolute Gasteiger partial charge is 0.0715 e. The maximum atomic E-state index is 5.12. The third-order valence-electron chi connectivity index (χ3n) is 10.8. The second-order valence-electron chi connectivity index (χ2n) is 14.6. The van der Waals surface area contributed by atoms with Crippen molar-refractivity contribution in [2.45, 2.75) is 0 Å². The van der Waals surface area contributed by atoms with Gasteiger partial charge in [0, 0.05) is 22.3 Å². The molecule has 0 amide bonds. The molecule has 10 aromatic rings. The van der Waals surface area contributed by atoms with Gasteiger partial charge in [-0.25, -0.2) is 9.97 Å². The molecule has 0 N–H and O–H groups in total. The van der Waals surface area contributed by atoms with Gasteiger partial charge in [0.05, 0.1) is 22.8 Å². The highest BCUT2D eigenvalue weighted by Crippen LogP contribution is 2.38. The first-order valence-corrected chi connectivity index (χ1v) is 19.7. The molecule has 2 aromatic heterocycles. The van der Waals surface area contributed by atoms with Crippen LogP contribution in [0.5, 0.6) is 0 Å². The van der Waals surface area contributed by atoms with E-state index in [9.17, 15) is 0 Å². The lowest BCUT2D eigenvalue weighted by atomic mass is 9.92. The highest BCUT2D eigenvalue weighted by Gasteiger charge is 2.13. The van der Waals surface area contributed by atoms with E-state index in [-0.39, 0.29) is 0 Å². The first kappa shape index (κ1) is 34.8. The van der Waals surface area contributed by atoms with E-state index in [0.717, 1.165) is 67.3 Å². The molecule has 0 radical (unpaired) electrons. The van der Waals surface area contributed by atoms with Gasteiger partial charge in [0.25, 0.3) is 0 Å². The fourth-order valence-electron chi connectivity index (χ4n) is 7.87. The number of aromatic nitrogens is 2. The van der Waals surface area contributed by atoms with E-state index >= 15 is 0 Å². The lowest BCUT2D eigenvalue weighted by Crippen LogP contribution is -1.92. The van der Waals surface area contributed by atoms with Crippen molar-refractivity contribution in [3.63, 3.8) is 0 Å². The van der Waals surface area contributed by atoms with Crippen molar-refractivity contribution in [1.82, 2.24) is 9.97 Å². The first-order valence-electron chi connectivity index (χ1n) is 19.7. The Hall–Kier alpha value is -7.68. The molecule has 0 aliphatic heterocycles. The minimum Gasteiger partial charge on any atom is -0.248 e. The molecule has 0 atom stereocenters. The van der Waals surface area contributed by atoms with E-state index in [2.05, 4.69) is 206 Å². The van der Waals surface area contributed by atoms with Gasteiger partial charge in [0.1, 0.15) is 0 Å². The fraction of sp³-hybridized carbons (Fsp3) is 0. The van der Waals surface area contributed by atoms with Crippen LogP contribution in [0.15, 0.2) is 231 Å². The molecular formula is C56H38N2. The number of fused-ring (bicyclic) bond motifs is 1. The average Bonchev–Trinajstić information content (AvgIpc) is 3.32. The zero-order valence-corrected chi connectivity index (χ0v) is 31.8. The molecule has 2 nitrogen and oxygen atoms in total. The summed E-state index contributed by atoms with van der Waals surface area (Å²) in [4.78, 5) is 10.2. The molecule has 10 rings (SSSR count). The van der Waals surface area contributed by atoms with Crippen molar-refractivity contribution in [3.8, 4) is 89.5 Å². The van der Waals surface area contributed by atoms with Gasteiger partial charge in [-0.15, -0.1) is 0 Å². The third-order valence-corrected chi connectivity index (χ3v) is 10.8. The van der Waals surface area contributed by atoms with E-state index in [1.807, 2.05) is 24.3 Å². The van der Waals surface area contributed by atoms with E-state index < -0.39 is 0 Å². The molecule has 2 heteroatoms. The highest BCUT2D eigenvalue weighted by molar-refractivity contribution is 6.00. The zero-order valence-electron chi connectivity index (χ0n) is 31.8. The van der Waals surface area contributed by atoms with Crippen molar-refractivity contribution >= 4 is 10.8 Å². The van der Waals surface area contributed by atoms with Gasteiger partial charge in [-0.05, 0) is 97.7 Å². The maximum absolute atomic E-state index is 5.12. The lowest BCUT2D eigenvalue weighted by molar-refractivity contribution is 1.32. The summed E-state index contributed by atoms with van der Waals surface area (Å²) >= 11 is 0. The molecule has 272 valence electrons. The molecular weight excluding hydrogens is 701 g/mol. The summed E-state index contributed by atoms with van der Waals surface area (Å²) in [5.41, 5.74) is 17.5. The van der Waals surface area contributed by atoms with Gasteiger partial charge in [0.2, 0.25) is 0 Å². The summed E-state index contributed by atoms with van der Waals surface area (Å²) in [6.07, 6.45) is 0. The van der Waals surface area contributed by atoms with Crippen LogP contribution in [0.1, 0.15) is 0 Å². The maximum Gasteiger partial charge on any atom is 0.0715 e. The highest BCUT2D eigenvalue weighted by atomic mass is 14.7. The topological polar surface area (TPSA) is 25.8 Å². The molecule has 2 heterocycles. The molecule has 0 aliphatic carbocycles. The number of benzene rings is 8. The Morgan fingerprint density at radius 1 is 0.207 bits per heavy atom. The molecule has 58 heavy (non-hydrogen) atoms. The zero-order chi connectivity index (χ0) is 38.7. The Morgan fingerprint density at radius 2 is 0.552 bits per heavy atom. The lowest BCUT2D eigenvalue weighted by Gasteiger charge is -2.14. The number of nitrogens with zero attached hydrogens (tertiary/aromatic N) is 2. The molecule has 0 fully saturated rings. The Bertz CT molecular complexity index is 2910. The normalized spacial score (nSPS) is 11.1. The standard InChI is InChI=1S/C56H38N2/c1-5-16-40(17-6-1)53-35-49(36-54(57-53)41-18-7-2-8-19-41)45-26-13-25-44(32-45)47-31-30-39-24-15-29-51(52(39)34-47)48-28-14-27-46(33-48)50-37-55(42-20-9-3-10-21-42)58-56(38-50)43-22-11-4-12-23-43/h1-38H. The molecule has 0 unspecified atom stereocenters. The first-order chi connectivity index (χ1) is 28.7. The van der Waals surface area contributed by atoms with Crippen molar-refractivity contribution in [3.05, 3.63) is 231 Å². The van der Waals surface area contributed by atoms with E-state index in [1.165, 1.54) is 33.0 Å². The Labute approximate surface area is 339 Å². The van der Waals surface area contributed by atoms with Gasteiger partial charge < -0.3 is 0 Å². The Kier molecular flexibility index (Phi) is 9.27. The van der Waals surface area contributed by atoms with Crippen molar-refractivity contribution < 1.29 is 0 Å². The van der Waals surface area contributed by atoms with Crippen LogP contribution in [0.25, 0.3) is 100 Å². The molecule has 0 saturated heterocycles. The monoisotopic (exact) mass is 738 g/mol. The quantitative estimate of drug-likeness (QED) is 0.155. The Balaban J connectivity index is 1.04. The van der Waals surface area contributed by atoms with E-state index in [1.54, 1.807) is 0 Å². The summed E-state index contributed by atoms with van der Waals surface area (Å²) in [6.45, 7) is 0. The summed E-state index contributed by atoms with van der Waals surface area (Å²) in [5, 5.41) is 2.42. The van der Waals surface area contributed by atoms with Crippen LogP contribution >= 0.6 is 0 Å². The van der Waals surface area contributed by atoms with Gasteiger partial charge in [-0.2, -0.15) is 0 Å². The number of hydrogen-bond acceptors (Lipinski definition) is 2. The van der Waals surface area contributed by atoms with Crippen molar-refractivity contribution in [2.75, 3.05) is 0 Å². The second kappa shape index (κ2) is 15.5. The third kappa shape index (κ3) is 7.11. The number of pyridine rings is 2. The molecule has 8 aromatic carbocycles. The molecule has 0 aliphatic rings. The van der Waals surface area contributed by atoms with Crippen LogP contribution in [0.2, 0.25) is 0 Å². The number of hydrogen-bond donors (Lipinski definition) is 0. The Morgan fingerprint density at radius 3 is 1.00 bits per heavy atom. The molecule has 0 spiro atoms. The summed E-state index contributed by atoms with van der Waals surface area (Å²) in [6, 6.07) is 81.8. The van der Waals surface area contributed by atoms with Crippen molar-refractivity contribution in [2.24, 2.45) is 0 Å². The summed E-state index contributed by atoms with van der Waals surface area (Å²) < 4.78 is 0. The second-order valence-corrected chi connectivity index (χ2v) is 14.6. The van der Waals surface area contributed by atoms with Crippen LogP contribution in [-0.4, -0.2) is 9.97 Å². The minimum absolute atomic E-state index is 0.957. The van der Waals surface area contributed by atoms with Gasteiger partial charge >= 0.3 is 0 Å². The van der Waals surface area contributed by atoms with Gasteiger partial charge in [0.15, 0.2) is 0 Å². The predicted molar refractivity (Wildman–Crippen MR) is 243 cm³/mol. The van der Waals surface area contributed by atoms with Crippen LogP contribution in [-0.2, 0) is 0 Å². The van der Waals surface area contributed by atoms with Gasteiger partial charge in [-0.1, -0.05) is 188 Å². The summed E-state index contributed by atoms with van der Waals surface area (Å²) in [5.74, 6) is 0. The SMILES string of the molecule is c1ccc(-c2cc(-c3cccc(-c4ccc5cccc(-c6cccc(-c7cc(-c8ccccc8)nc(-c8ccccc8)c7)c6)c5c4)c3)cc(-c3ccccc3)n2)cc1. The van der Waals surface area contributed by atoms with E-state index in [0.29, 0.717) is 0 Å². The van der Waals surface area contributed by atoms with Crippen LogP contribution < -0.4 is 0 Å². The van der Waals surface area contributed by atoms with E-state index in [4.69, 9.17) is 9.97 Å². The average molecular weight is 739 g/mol. The van der Waals surface area contributed by atoms with Crippen LogP contribution in [0.3, 0.4) is 0 Å². The largest absolute Gasteiger partial charge is 0.248 e. The van der Waals surface area contributed by atoms with Crippen LogP contribution in [0.4, 0.5) is 0 Å². The van der Waals surface area contributed by atoms with Crippen molar-refractivity contribution in [1.29, 1.82) is 0 Å². The predicted octanol–water partition coefficient (Wildman–Crippen LogP) is 15.0. The molecule has 0 saturated carbocycles. The number of rotatable bonds is 8.